The lowest BCUT2D eigenvalue weighted by atomic mass is 10.1. The van der Waals surface area contributed by atoms with Crippen LogP contribution >= 0.6 is 0 Å². The summed E-state index contributed by atoms with van der Waals surface area (Å²) >= 11 is 0. The molecule has 0 bridgehead atoms. The fourth-order valence-electron chi connectivity index (χ4n) is 0.978. The van der Waals surface area contributed by atoms with Gasteiger partial charge in [0, 0.05) is 0 Å². The van der Waals surface area contributed by atoms with Crippen LogP contribution in [0.5, 0.6) is 0 Å². The van der Waals surface area contributed by atoms with Crippen LogP contribution in [0.25, 0.3) is 0 Å². The van der Waals surface area contributed by atoms with Gasteiger partial charge in [0.25, 0.3) is 0 Å². The number of rotatable bonds is 0. The average Bonchev–Trinajstić information content (AvgIpc) is 2.11. The quantitative estimate of drug-likeness (QED) is 0.604. The summed E-state index contributed by atoms with van der Waals surface area (Å²) in [6.07, 6.45) is 0. The number of anilines is 1. The Kier molecular flexibility index (Phi) is 1.62. The number of nitrogen functional groups attached to an aromatic ring is 1. The minimum absolute atomic E-state index is 0.0330. The monoisotopic (exact) mass is 154 g/mol. The highest BCUT2D eigenvalue weighted by atomic mass is 15.5. The van der Waals surface area contributed by atoms with Gasteiger partial charge in [0.05, 0.1) is 11.2 Å². The molecule has 0 saturated heterocycles. The third-order valence-electron chi connectivity index (χ3n) is 1.57. The van der Waals surface area contributed by atoms with Crippen molar-refractivity contribution in [2.45, 2.75) is 33.2 Å². The summed E-state index contributed by atoms with van der Waals surface area (Å²) in [6.45, 7) is 8.11. The third-order valence-corrected chi connectivity index (χ3v) is 1.57. The van der Waals surface area contributed by atoms with Crippen LogP contribution in [0, 0.1) is 6.92 Å². The fourth-order valence-corrected chi connectivity index (χ4v) is 0.978. The van der Waals surface area contributed by atoms with Gasteiger partial charge in [0.15, 0.2) is 5.82 Å². The van der Waals surface area contributed by atoms with Gasteiger partial charge in [0.1, 0.15) is 0 Å². The largest absolute Gasteiger partial charge is 0.381 e. The Balaban J connectivity index is 3.15. The standard InChI is InChI=1S/C7H14N4/c1-5-6(8)9-10-11(5)7(2,3)4/h8H2,1-4H3. The summed E-state index contributed by atoms with van der Waals surface area (Å²) < 4.78 is 1.82. The van der Waals surface area contributed by atoms with Crippen molar-refractivity contribution in [2.24, 2.45) is 0 Å². The Morgan fingerprint density at radius 3 is 2.09 bits per heavy atom. The van der Waals surface area contributed by atoms with E-state index in [-0.39, 0.29) is 5.54 Å². The molecule has 62 valence electrons. The van der Waals surface area contributed by atoms with E-state index < -0.39 is 0 Å². The van der Waals surface area contributed by atoms with Crippen LogP contribution in [0.4, 0.5) is 5.82 Å². The molecule has 2 N–H and O–H groups in total. The highest BCUT2D eigenvalue weighted by molar-refractivity contribution is 5.31. The molecule has 0 aliphatic carbocycles. The first-order valence-electron chi connectivity index (χ1n) is 3.61. The van der Waals surface area contributed by atoms with Gasteiger partial charge in [-0.05, 0) is 27.7 Å². The summed E-state index contributed by atoms with van der Waals surface area (Å²) in [5.74, 6) is 0.514. The van der Waals surface area contributed by atoms with Crippen molar-refractivity contribution in [3.63, 3.8) is 0 Å². The molecule has 0 saturated carbocycles. The normalized spacial score (nSPS) is 12.0. The topological polar surface area (TPSA) is 56.7 Å². The first-order valence-corrected chi connectivity index (χ1v) is 3.61. The molecule has 11 heavy (non-hydrogen) atoms. The molecule has 1 rings (SSSR count). The van der Waals surface area contributed by atoms with Crippen molar-refractivity contribution in [2.75, 3.05) is 5.73 Å². The van der Waals surface area contributed by atoms with Gasteiger partial charge < -0.3 is 5.73 Å². The van der Waals surface area contributed by atoms with E-state index in [4.69, 9.17) is 5.73 Å². The second kappa shape index (κ2) is 2.22. The lowest BCUT2D eigenvalue weighted by molar-refractivity contribution is 0.340. The van der Waals surface area contributed by atoms with Crippen molar-refractivity contribution >= 4 is 5.82 Å². The molecule has 1 aromatic rings. The van der Waals surface area contributed by atoms with E-state index in [0.29, 0.717) is 5.82 Å². The van der Waals surface area contributed by atoms with Gasteiger partial charge >= 0.3 is 0 Å². The lowest BCUT2D eigenvalue weighted by Gasteiger charge is -2.19. The van der Waals surface area contributed by atoms with Crippen LogP contribution < -0.4 is 5.73 Å². The van der Waals surface area contributed by atoms with Crippen LogP contribution in [-0.2, 0) is 5.54 Å². The van der Waals surface area contributed by atoms with Gasteiger partial charge in [0.2, 0.25) is 0 Å². The van der Waals surface area contributed by atoms with E-state index >= 15 is 0 Å². The summed E-state index contributed by atoms with van der Waals surface area (Å²) in [7, 11) is 0. The lowest BCUT2D eigenvalue weighted by Crippen LogP contribution is -2.24. The molecule has 0 spiro atoms. The SMILES string of the molecule is Cc1c(N)nnn1C(C)(C)C. The van der Waals surface area contributed by atoms with E-state index in [1.165, 1.54) is 0 Å². The van der Waals surface area contributed by atoms with Crippen molar-refractivity contribution in [3.05, 3.63) is 5.69 Å². The Hall–Kier alpha value is -1.06. The van der Waals surface area contributed by atoms with Crippen LogP contribution in [0.2, 0.25) is 0 Å². The van der Waals surface area contributed by atoms with Gasteiger partial charge in [-0.15, -0.1) is 5.10 Å². The minimum atomic E-state index is -0.0330. The van der Waals surface area contributed by atoms with Gasteiger partial charge in [-0.1, -0.05) is 5.21 Å². The summed E-state index contributed by atoms with van der Waals surface area (Å²) in [5, 5.41) is 7.70. The molecule has 0 unspecified atom stereocenters. The van der Waals surface area contributed by atoms with Crippen molar-refractivity contribution in [1.82, 2.24) is 15.0 Å². The Bertz CT molecular complexity index is 256. The number of aromatic nitrogens is 3. The predicted molar refractivity (Wildman–Crippen MR) is 44.2 cm³/mol. The maximum Gasteiger partial charge on any atom is 0.168 e. The Labute approximate surface area is 66.4 Å². The zero-order chi connectivity index (χ0) is 8.65. The third kappa shape index (κ3) is 1.34. The summed E-state index contributed by atoms with van der Waals surface area (Å²) in [4.78, 5) is 0. The Morgan fingerprint density at radius 2 is 1.91 bits per heavy atom. The number of hydrogen-bond donors (Lipinski definition) is 1. The summed E-state index contributed by atoms with van der Waals surface area (Å²) in [6, 6.07) is 0. The molecule has 1 heterocycles. The van der Waals surface area contributed by atoms with Crippen LogP contribution in [0.1, 0.15) is 26.5 Å². The fraction of sp³-hybridized carbons (Fsp3) is 0.714. The highest BCUT2D eigenvalue weighted by Crippen LogP contribution is 2.16. The molecule has 4 nitrogen and oxygen atoms in total. The van der Waals surface area contributed by atoms with Gasteiger partial charge in [-0.25, -0.2) is 4.68 Å². The van der Waals surface area contributed by atoms with E-state index in [0.717, 1.165) is 5.69 Å². The zero-order valence-corrected chi connectivity index (χ0v) is 7.42. The average molecular weight is 154 g/mol. The first kappa shape index (κ1) is 8.04. The van der Waals surface area contributed by atoms with E-state index in [9.17, 15) is 0 Å². The molecule has 0 aliphatic rings. The van der Waals surface area contributed by atoms with Crippen LogP contribution in [0.15, 0.2) is 0 Å². The summed E-state index contributed by atoms with van der Waals surface area (Å²) in [5.41, 5.74) is 6.44. The molecule has 0 aliphatic heterocycles. The maximum absolute atomic E-state index is 5.54. The number of nitrogens with zero attached hydrogens (tertiary/aromatic N) is 3. The molecule has 4 heteroatoms. The molecule has 0 radical (unpaired) electrons. The molecular weight excluding hydrogens is 140 g/mol. The smallest absolute Gasteiger partial charge is 0.168 e. The second-order valence-corrected chi connectivity index (χ2v) is 3.64. The van der Waals surface area contributed by atoms with Crippen LogP contribution in [0.3, 0.4) is 0 Å². The van der Waals surface area contributed by atoms with Crippen molar-refractivity contribution in [3.8, 4) is 0 Å². The van der Waals surface area contributed by atoms with Gasteiger partial charge in [-0.2, -0.15) is 0 Å². The van der Waals surface area contributed by atoms with E-state index in [2.05, 4.69) is 31.1 Å². The van der Waals surface area contributed by atoms with E-state index in [1.54, 1.807) is 0 Å². The minimum Gasteiger partial charge on any atom is -0.381 e. The van der Waals surface area contributed by atoms with E-state index in [1.807, 2.05) is 11.6 Å². The van der Waals surface area contributed by atoms with Crippen molar-refractivity contribution in [1.29, 1.82) is 0 Å². The highest BCUT2D eigenvalue weighted by Gasteiger charge is 2.17. The number of nitrogens with two attached hydrogens (primary N) is 1. The molecular formula is C7H14N4. The molecule has 0 aromatic carbocycles. The molecule has 0 atom stereocenters. The maximum atomic E-state index is 5.54. The van der Waals surface area contributed by atoms with Crippen LogP contribution in [-0.4, -0.2) is 15.0 Å². The zero-order valence-electron chi connectivity index (χ0n) is 7.42. The van der Waals surface area contributed by atoms with Crippen molar-refractivity contribution < 1.29 is 0 Å². The Morgan fingerprint density at radius 1 is 1.36 bits per heavy atom. The second-order valence-electron chi connectivity index (χ2n) is 3.64. The van der Waals surface area contributed by atoms with Gasteiger partial charge in [-0.3, -0.25) is 0 Å². The molecule has 0 amide bonds. The molecule has 0 fully saturated rings. The molecule has 1 aromatic heterocycles. The first-order chi connectivity index (χ1) is 4.93. The predicted octanol–water partition coefficient (Wildman–Crippen LogP) is 0.924. The number of hydrogen-bond acceptors (Lipinski definition) is 3.